The molecule has 1 fully saturated rings. The number of carbonyl (C=O) groups excluding carboxylic acids is 2. The Morgan fingerprint density at radius 2 is 2.00 bits per heavy atom. The minimum absolute atomic E-state index is 0.0201. The van der Waals surface area contributed by atoms with Crippen LogP contribution in [-0.4, -0.2) is 60.4 Å². The number of piperidine rings is 1. The highest BCUT2D eigenvalue weighted by Gasteiger charge is 2.28. The van der Waals surface area contributed by atoms with E-state index in [4.69, 9.17) is 4.98 Å². The van der Waals surface area contributed by atoms with Crippen molar-refractivity contribution in [1.29, 1.82) is 0 Å². The van der Waals surface area contributed by atoms with Crippen LogP contribution in [0.1, 0.15) is 39.3 Å². The number of nitrogens with zero attached hydrogens (tertiary/aromatic N) is 6. The fourth-order valence-corrected chi connectivity index (χ4v) is 5.05. The van der Waals surface area contributed by atoms with Crippen LogP contribution in [0.4, 0.5) is 0 Å². The first-order valence-electron chi connectivity index (χ1n) is 10.9. The number of aryl methyl sites for hydroxylation is 3. The van der Waals surface area contributed by atoms with E-state index in [9.17, 15) is 9.59 Å². The van der Waals surface area contributed by atoms with Crippen LogP contribution in [0.3, 0.4) is 0 Å². The van der Waals surface area contributed by atoms with Crippen molar-refractivity contribution in [3.63, 3.8) is 0 Å². The van der Waals surface area contributed by atoms with Gasteiger partial charge in [0.25, 0.3) is 11.8 Å². The predicted octanol–water partition coefficient (Wildman–Crippen LogP) is 2.77. The molecule has 170 valence electrons. The second-order valence-corrected chi connectivity index (χ2v) is 9.33. The molecule has 0 radical (unpaired) electrons. The van der Waals surface area contributed by atoms with Gasteiger partial charge >= 0.3 is 0 Å². The van der Waals surface area contributed by atoms with Crippen molar-refractivity contribution < 1.29 is 9.59 Å². The number of thiophene rings is 1. The molecule has 1 N–H and O–H groups in total. The Morgan fingerprint density at radius 1 is 1.21 bits per heavy atom. The number of pyridine rings is 1. The second-order valence-electron chi connectivity index (χ2n) is 8.38. The molecule has 5 rings (SSSR count). The number of carbonyl (C=O) groups is 2. The van der Waals surface area contributed by atoms with Gasteiger partial charge in [-0.1, -0.05) is 6.07 Å². The maximum absolute atomic E-state index is 13.6. The summed E-state index contributed by atoms with van der Waals surface area (Å²) in [5.41, 5.74) is 3.46. The van der Waals surface area contributed by atoms with Gasteiger partial charge in [0, 0.05) is 39.4 Å². The van der Waals surface area contributed by atoms with Gasteiger partial charge < -0.3 is 10.2 Å². The molecular weight excluding hydrogens is 438 g/mol. The first-order valence-corrected chi connectivity index (χ1v) is 11.8. The minimum Gasteiger partial charge on any atom is -0.349 e. The van der Waals surface area contributed by atoms with Gasteiger partial charge in [-0.2, -0.15) is 10.2 Å². The van der Waals surface area contributed by atoms with Crippen molar-refractivity contribution in [1.82, 2.24) is 34.8 Å². The number of likely N-dealkylation sites (tertiary alicyclic amines) is 1. The topological polar surface area (TPSA) is 97.9 Å². The number of aromatic nitrogens is 5. The van der Waals surface area contributed by atoms with E-state index in [1.165, 1.54) is 0 Å². The molecule has 1 aliphatic heterocycles. The highest BCUT2D eigenvalue weighted by atomic mass is 32.1. The third kappa shape index (κ3) is 4.02. The SMILES string of the molecule is Cc1nn(C)c2nc(-c3cccs3)cc(C(=O)N3CCC(NC(=O)c4cnn(C)c4)CC3)c12. The second kappa shape index (κ2) is 8.43. The molecule has 10 heteroatoms. The van der Waals surface area contributed by atoms with Gasteiger partial charge in [0.1, 0.15) is 0 Å². The Morgan fingerprint density at radius 3 is 2.67 bits per heavy atom. The standard InChI is InChI=1S/C23H25N7O2S/c1-14-20-17(11-18(19-5-4-10-33-19)26-21(20)29(3)27-14)23(32)30-8-6-16(7-9-30)25-22(31)15-12-24-28(2)13-15/h4-5,10-13,16H,6-9H2,1-3H3,(H,25,31). The number of hydrogen-bond donors (Lipinski definition) is 1. The van der Waals surface area contributed by atoms with Gasteiger partial charge in [-0.05, 0) is 37.3 Å². The van der Waals surface area contributed by atoms with Gasteiger partial charge in [0.05, 0.1) is 39.0 Å². The Bertz CT molecular complexity index is 1330. The van der Waals surface area contributed by atoms with E-state index in [1.54, 1.807) is 40.1 Å². The number of fused-ring (bicyclic) bond motifs is 1. The lowest BCUT2D eigenvalue weighted by Gasteiger charge is -2.32. The number of amides is 2. The van der Waals surface area contributed by atoms with Crippen LogP contribution in [0.25, 0.3) is 21.6 Å². The summed E-state index contributed by atoms with van der Waals surface area (Å²) >= 11 is 1.60. The third-order valence-corrected chi connectivity index (χ3v) is 6.95. The van der Waals surface area contributed by atoms with Crippen LogP contribution in [-0.2, 0) is 14.1 Å². The molecule has 4 aromatic heterocycles. The molecule has 2 amide bonds. The summed E-state index contributed by atoms with van der Waals surface area (Å²) in [5.74, 6) is -0.149. The van der Waals surface area contributed by atoms with Gasteiger partial charge in [-0.3, -0.25) is 19.0 Å². The Hall–Kier alpha value is -3.53. The predicted molar refractivity (Wildman–Crippen MR) is 126 cm³/mol. The molecule has 0 aliphatic carbocycles. The molecule has 1 saturated heterocycles. The molecule has 0 spiro atoms. The molecule has 0 atom stereocenters. The lowest BCUT2D eigenvalue weighted by molar-refractivity contribution is 0.0700. The van der Waals surface area contributed by atoms with Crippen molar-refractivity contribution in [3.05, 3.63) is 52.8 Å². The van der Waals surface area contributed by atoms with Crippen molar-refractivity contribution >= 4 is 34.2 Å². The first kappa shape index (κ1) is 21.3. The summed E-state index contributed by atoms with van der Waals surface area (Å²) < 4.78 is 3.34. The van der Waals surface area contributed by atoms with E-state index in [-0.39, 0.29) is 17.9 Å². The van der Waals surface area contributed by atoms with E-state index in [1.807, 2.05) is 42.5 Å². The lowest BCUT2D eigenvalue weighted by atomic mass is 10.0. The summed E-state index contributed by atoms with van der Waals surface area (Å²) in [6.45, 7) is 3.06. The maximum Gasteiger partial charge on any atom is 0.254 e. The average Bonchev–Trinajstić information content (AvgIpc) is 3.55. The first-order chi connectivity index (χ1) is 15.9. The molecule has 9 nitrogen and oxygen atoms in total. The van der Waals surface area contributed by atoms with E-state index in [2.05, 4.69) is 15.5 Å². The van der Waals surface area contributed by atoms with Crippen LogP contribution < -0.4 is 5.32 Å². The zero-order valence-electron chi connectivity index (χ0n) is 18.8. The maximum atomic E-state index is 13.6. The largest absolute Gasteiger partial charge is 0.349 e. The Labute approximate surface area is 195 Å². The molecule has 4 aromatic rings. The van der Waals surface area contributed by atoms with Crippen molar-refractivity contribution in [3.8, 4) is 10.6 Å². The van der Waals surface area contributed by atoms with Crippen molar-refractivity contribution in [2.45, 2.75) is 25.8 Å². The molecule has 33 heavy (non-hydrogen) atoms. The van der Waals surface area contributed by atoms with Crippen LogP contribution in [0.2, 0.25) is 0 Å². The van der Waals surface area contributed by atoms with Crippen LogP contribution in [0.15, 0.2) is 36.0 Å². The summed E-state index contributed by atoms with van der Waals surface area (Å²) in [6.07, 6.45) is 4.67. The quantitative estimate of drug-likeness (QED) is 0.502. The van der Waals surface area contributed by atoms with Gasteiger partial charge in [-0.15, -0.1) is 11.3 Å². The minimum atomic E-state index is -0.129. The average molecular weight is 464 g/mol. The fourth-order valence-electron chi connectivity index (χ4n) is 4.37. The van der Waals surface area contributed by atoms with Gasteiger partial charge in [-0.25, -0.2) is 4.98 Å². The van der Waals surface area contributed by atoms with Gasteiger partial charge in [0.2, 0.25) is 0 Å². The van der Waals surface area contributed by atoms with Gasteiger partial charge in [0.15, 0.2) is 5.65 Å². The lowest BCUT2D eigenvalue weighted by Crippen LogP contribution is -2.46. The molecular formula is C23H25N7O2S. The summed E-state index contributed by atoms with van der Waals surface area (Å²) in [5, 5.41) is 14.4. The molecule has 0 saturated carbocycles. The van der Waals surface area contributed by atoms with Crippen LogP contribution in [0, 0.1) is 6.92 Å². The Balaban J connectivity index is 1.36. The molecule has 0 bridgehead atoms. The van der Waals surface area contributed by atoms with Crippen LogP contribution >= 0.6 is 11.3 Å². The fraction of sp³-hybridized carbons (Fsp3) is 0.348. The number of nitrogens with one attached hydrogen (secondary N) is 1. The number of rotatable bonds is 4. The number of hydrogen-bond acceptors (Lipinski definition) is 6. The summed E-state index contributed by atoms with van der Waals surface area (Å²) in [6, 6.07) is 5.90. The molecule has 1 aliphatic rings. The Kier molecular flexibility index (Phi) is 5.45. The summed E-state index contributed by atoms with van der Waals surface area (Å²) in [4.78, 5) is 33.7. The molecule has 0 unspecified atom stereocenters. The van der Waals surface area contributed by atoms with Crippen molar-refractivity contribution in [2.24, 2.45) is 14.1 Å². The summed E-state index contributed by atoms with van der Waals surface area (Å²) in [7, 11) is 3.63. The zero-order valence-corrected chi connectivity index (χ0v) is 19.6. The highest BCUT2D eigenvalue weighted by molar-refractivity contribution is 7.13. The highest BCUT2D eigenvalue weighted by Crippen LogP contribution is 2.30. The smallest absolute Gasteiger partial charge is 0.254 e. The van der Waals surface area contributed by atoms with E-state index >= 15 is 0 Å². The third-order valence-electron chi connectivity index (χ3n) is 6.06. The molecule has 5 heterocycles. The monoisotopic (exact) mass is 463 g/mol. The van der Waals surface area contributed by atoms with Crippen molar-refractivity contribution in [2.75, 3.05) is 13.1 Å². The molecule has 0 aromatic carbocycles. The van der Waals surface area contributed by atoms with E-state index in [0.717, 1.165) is 21.7 Å². The normalized spacial score (nSPS) is 14.7. The zero-order chi connectivity index (χ0) is 23.1. The van der Waals surface area contributed by atoms with E-state index in [0.29, 0.717) is 42.7 Å². The van der Waals surface area contributed by atoms with Crippen LogP contribution in [0.5, 0.6) is 0 Å². The van der Waals surface area contributed by atoms with E-state index < -0.39 is 0 Å².